The molecule has 45 heavy (non-hydrogen) atoms. The van der Waals surface area contributed by atoms with Crippen molar-refractivity contribution in [2.45, 2.75) is 88.8 Å². The lowest BCUT2D eigenvalue weighted by Gasteiger charge is -2.45. The number of rotatable bonds is 12. The van der Waals surface area contributed by atoms with Gasteiger partial charge in [0.2, 0.25) is 5.91 Å². The van der Waals surface area contributed by atoms with Gasteiger partial charge in [-0.05, 0) is 57.7 Å². The van der Waals surface area contributed by atoms with E-state index < -0.39 is 34.1 Å². The summed E-state index contributed by atoms with van der Waals surface area (Å²) in [7, 11) is 1.72. The minimum atomic E-state index is -0.755. The molecular weight excluding hydrogens is 580 g/mol. The summed E-state index contributed by atoms with van der Waals surface area (Å²) >= 11 is 1.60. The lowest BCUT2D eigenvalue weighted by atomic mass is 9.81. The van der Waals surface area contributed by atoms with Crippen LogP contribution in [0.3, 0.4) is 0 Å². The molecule has 4 rings (SSSR count). The zero-order valence-corrected chi connectivity index (χ0v) is 28.5. The molecule has 1 fully saturated rings. The van der Waals surface area contributed by atoms with Crippen LogP contribution in [-0.2, 0) is 19.0 Å². The molecule has 3 aromatic carbocycles. The first-order valence-electron chi connectivity index (χ1n) is 15.8. The molecule has 2 amide bonds. The molecule has 1 aliphatic rings. The van der Waals surface area contributed by atoms with Crippen LogP contribution >= 0.6 is 11.9 Å². The summed E-state index contributed by atoms with van der Waals surface area (Å²) in [6.07, 6.45) is 5.15. The normalized spacial score (nSPS) is 19.4. The quantitative estimate of drug-likeness (QED) is 0.123. The average Bonchev–Trinajstić information content (AvgIpc) is 3.35. The topological polar surface area (TPSA) is 67.9 Å². The molecule has 240 valence electrons. The second-order valence-corrected chi connectivity index (χ2v) is 13.9. The van der Waals surface area contributed by atoms with Gasteiger partial charge < -0.3 is 9.47 Å². The first-order chi connectivity index (χ1) is 21.5. The highest BCUT2D eigenvalue weighted by atomic mass is 32.2. The molecule has 1 aliphatic heterocycles. The van der Waals surface area contributed by atoms with Crippen LogP contribution < -0.4 is 4.72 Å². The molecule has 0 spiro atoms. The van der Waals surface area contributed by atoms with Crippen molar-refractivity contribution in [3.8, 4) is 0 Å². The van der Waals surface area contributed by atoms with E-state index in [2.05, 4.69) is 91.4 Å². The fourth-order valence-electron chi connectivity index (χ4n) is 6.42. The Labute approximate surface area is 273 Å². The van der Waals surface area contributed by atoms with E-state index in [1.165, 1.54) is 4.90 Å². The van der Waals surface area contributed by atoms with E-state index in [1.807, 2.05) is 58.0 Å². The summed E-state index contributed by atoms with van der Waals surface area (Å²) in [5.41, 5.74) is 1.82. The Bertz CT molecular complexity index is 1330. The number of carbonyl (C=O) groups is 2. The molecule has 1 heterocycles. The van der Waals surface area contributed by atoms with Gasteiger partial charge in [0.15, 0.2) is 0 Å². The summed E-state index contributed by atoms with van der Waals surface area (Å²) in [4.78, 5) is 28.8. The van der Waals surface area contributed by atoms with Gasteiger partial charge in [0, 0.05) is 19.4 Å². The summed E-state index contributed by atoms with van der Waals surface area (Å²) in [6.45, 7) is 11.6. The van der Waals surface area contributed by atoms with Crippen molar-refractivity contribution in [1.29, 1.82) is 0 Å². The zero-order valence-electron chi connectivity index (χ0n) is 27.7. The second kappa shape index (κ2) is 14.8. The van der Waals surface area contributed by atoms with Gasteiger partial charge in [0.1, 0.15) is 10.3 Å². The van der Waals surface area contributed by atoms with Crippen LogP contribution in [0.15, 0.2) is 103 Å². The molecule has 4 atom stereocenters. The van der Waals surface area contributed by atoms with Gasteiger partial charge in [0.25, 0.3) is 0 Å². The first kappa shape index (κ1) is 34.5. The van der Waals surface area contributed by atoms with Crippen LogP contribution in [0.2, 0.25) is 0 Å². The van der Waals surface area contributed by atoms with E-state index in [0.717, 1.165) is 23.1 Å². The predicted molar refractivity (Wildman–Crippen MR) is 184 cm³/mol. The Morgan fingerprint density at radius 1 is 0.933 bits per heavy atom. The van der Waals surface area contributed by atoms with Crippen molar-refractivity contribution in [3.05, 3.63) is 120 Å². The molecule has 0 bridgehead atoms. The third-order valence-corrected chi connectivity index (χ3v) is 9.92. The number of amides is 2. The molecule has 0 aromatic heterocycles. The monoisotopic (exact) mass is 628 g/mol. The molecule has 3 aromatic rings. The van der Waals surface area contributed by atoms with Gasteiger partial charge in [-0.3, -0.25) is 9.52 Å². The van der Waals surface area contributed by atoms with Crippen LogP contribution in [0, 0.1) is 5.92 Å². The predicted octanol–water partition coefficient (Wildman–Crippen LogP) is 8.52. The van der Waals surface area contributed by atoms with E-state index in [1.54, 1.807) is 19.1 Å². The van der Waals surface area contributed by atoms with Crippen molar-refractivity contribution >= 4 is 23.9 Å². The number of carbonyl (C=O) groups excluding carboxylic acids is 2. The number of nitrogens with one attached hydrogen (secondary N) is 1. The highest BCUT2D eigenvalue weighted by Crippen LogP contribution is 2.49. The standard InChI is InChI=1S/C38H48N2O4S/c1-8-19-28-27-32(41)40(35(42)44-36(3,4)5)33(28)34(37(6,43-7)26-9-2)39-45-38(29-20-13-10-14-21-29,30-22-15-11-16-23-30)31-24-17-12-18-25-31/h8,10-25,28,33-34,39H,9,26-27H2,1-7H3/b19-8-/t28-,33-,34-,37+/m1/s1. The number of allylic oxidation sites excluding steroid dienone is 1. The number of benzene rings is 3. The number of hydrogen-bond donors (Lipinski definition) is 1. The number of ether oxygens (including phenoxy) is 2. The van der Waals surface area contributed by atoms with E-state index >= 15 is 0 Å². The SMILES string of the molecule is C/C=C\[C@@H]1CC(=O)N(C(=O)OC(C)(C)C)[C@H]1[C@@H](NSC(c1ccccc1)(c1ccccc1)c1ccccc1)[C@](C)(CCC)OC. The highest BCUT2D eigenvalue weighted by Gasteiger charge is 2.53. The number of nitrogens with zero attached hydrogens (tertiary/aromatic N) is 1. The molecule has 7 heteroatoms. The third kappa shape index (κ3) is 7.54. The van der Waals surface area contributed by atoms with E-state index in [-0.39, 0.29) is 18.2 Å². The van der Waals surface area contributed by atoms with Crippen LogP contribution in [0.1, 0.15) is 77.5 Å². The minimum absolute atomic E-state index is 0.213. The fourth-order valence-corrected chi connectivity index (χ4v) is 7.88. The molecule has 0 radical (unpaired) electrons. The lowest BCUT2D eigenvalue weighted by molar-refractivity contribution is -0.129. The maximum absolute atomic E-state index is 13.8. The lowest BCUT2D eigenvalue weighted by Crippen LogP contribution is -2.62. The molecule has 6 nitrogen and oxygen atoms in total. The van der Waals surface area contributed by atoms with Gasteiger partial charge in [0.05, 0.1) is 17.7 Å². The Morgan fingerprint density at radius 2 is 1.42 bits per heavy atom. The smallest absolute Gasteiger partial charge is 0.417 e. The minimum Gasteiger partial charge on any atom is -0.443 e. The number of imide groups is 1. The van der Waals surface area contributed by atoms with Gasteiger partial charge in [-0.2, -0.15) is 0 Å². The van der Waals surface area contributed by atoms with Crippen molar-refractivity contribution in [3.63, 3.8) is 0 Å². The maximum Gasteiger partial charge on any atom is 0.417 e. The van der Waals surface area contributed by atoms with Crippen LogP contribution in [-0.4, -0.2) is 47.3 Å². The first-order valence-corrected chi connectivity index (χ1v) is 16.7. The van der Waals surface area contributed by atoms with E-state index in [0.29, 0.717) is 6.42 Å². The Morgan fingerprint density at radius 3 is 1.82 bits per heavy atom. The maximum atomic E-state index is 13.8. The van der Waals surface area contributed by atoms with Crippen molar-refractivity contribution in [2.75, 3.05) is 7.11 Å². The zero-order chi connectivity index (χ0) is 32.7. The summed E-state index contributed by atoms with van der Waals surface area (Å²) < 4.78 is 15.4. The molecule has 1 N–H and O–H groups in total. The molecule has 1 saturated heterocycles. The van der Waals surface area contributed by atoms with Crippen molar-refractivity contribution in [1.82, 2.24) is 9.62 Å². The summed E-state index contributed by atoms with van der Waals surface area (Å²) in [5.74, 6) is -0.469. The van der Waals surface area contributed by atoms with Crippen LogP contribution in [0.25, 0.3) is 0 Å². The number of methoxy groups -OCH3 is 1. The Kier molecular flexibility index (Phi) is 11.3. The van der Waals surface area contributed by atoms with Crippen LogP contribution in [0.5, 0.6) is 0 Å². The van der Waals surface area contributed by atoms with Crippen LogP contribution in [0.4, 0.5) is 4.79 Å². The molecule has 0 saturated carbocycles. The van der Waals surface area contributed by atoms with Crippen molar-refractivity contribution in [2.24, 2.45) is 5.92 Å². The molecule has 0 unspecified atom stereocenters. The second-order valence-electron chi connectivity index (χ2n) is 12.9. The van der Waals surface area contributed by atoms with Gasteiger partial charge in [-0.15, -0.1) is 0 Å². The van der Waals surface area contributed by atoms with Crippen molar-refractivity contribution < 1.29 is 19.1 Å². The largest absolute Gasteiger partial charge is 0.443 e. The van der Waals surface area contributed by atoms with Gasteiger partial charge in [-0.1, -0.05) is 128 Å². The van der Waals surface area contributed by atoms with E-state index in [9.17, 15) is 9.59 Å². The summed E-state index contributed by atoms with van der Waals surface area (Å²) in [5, 5.41) is 0. The highest BCUT2D eigenvalue weighted by molar-refractivity contribution is 7.98. The van der Waals surface area contributed by atoms with E-state index in [4.69, 9.17) is 9.47 Å². The average molecular weight is 629 g/mol. The molecular formula is C38H48N2O4S. The summed E-state index contributed by atoms with van der Waals surface area (Å²) in [6, 6.07) is 30.4. The fraction of sp³-hybridized carbons (Fsp3) is 0.421. The molecule has 0 aliphatic carbocycles. The van der Waals surface area contributed by atoms with Gasteiger partial charge in [-0.25, -0.2) is 9.69 Å². The van der Waals surface area contributed by atoms with Gasteiger partial charge >= 0.3 is 6.09 Å². The Balaban J connectivity index is 1.92. The number of hydrogen-bond acceptors (Lipinski definition) is 6. The number of likely N-dealkylation sites (tertiary alicyclic amines) is 1. The third-order valence-electron chi connectivity index (χ3n) is 8.54. The Hall–Kier alpha value is -3.39.